The maximum Gasteiger partial charge on any atom is 0.392 e. The molecule has 0 N–H and O–H groups in total. The van der Waals surface area contributed by atoms with Gasteiger partial charge in [0, 0.05) is 0 Å². The number of thiol groups is 1. The Morgan fingerprint density at radius 1 is 1.62 bits per heavy atom. The highest BCUT2D eigenvalue weighted by Gasteiger charge is 1.87. The standard InChI is InChI=1S/CHNO4S2/c3-1(7)6-2-8(4)5/h(H,3,7). The van der Waals surface area contributed by atoms with Crippen LogP contribution in [0.3, 0.4) is 0 Å². The normalized spacial score (nSPS) is 7.62. The van der Waals surface area contributed by atoms with E-state index in [2.05, 4.69) is 22.0 Å². The molecule has 7 heteroatoms. The quantitative estimate of drug-likeness (QED) is 0.428. The van der Waals surface area contributed by atoms with Gasteiger partial charge >= 0.3 is 15.8 Å². The third-order valence-electron chi connectivity index (χ3n) is 0.176. The lowest BCUT2D eigenvalue weighted by atomic mass is 11.6. The Morgan fingerprint density at radius 2 is 2.12 bits per heavy atom. The van der Waals surface area contributed by atoms with Crippen molar-refractivity contribution in [3.63, 3.8) is 0 Å². The van der Waals surface area contributed by atoms with Gasteiger partial charge in [-0.05, 0) is 0 Å². The second kappa shape index (κ2) is 3.44. The molecule has 0 fully saturated rings. The molecule has 0 amide bonds. The van der Waals surface area contributed by atoms with E-state index in [1.54, 1.807) is 0 Å². The Bertz CT molecular complexity index is 194. The monoisotopic (exact) mass is 155 g/mol. The number of hydrogen-bond donors (Lipinski definition) is 1. The Balaban J connectivity index is 3.81. The molecule has 0 aromatic rings. The molecule has 0 heterocycles. The minimum absolute atomic E-state index is 1.06. The van der Waals surface area contributed by atoms with Crippen LogP contribution in [-0.4, -0.2) is 13.7 Å². The van der Waals surface area contributed by atoms with Crippen LogP contribution in [0.4, 0.5) is 4.79 Å². The third-order valence-corrected chi connectivity index (χ3v) is 0.454. The average Bonchev–Trinajstić information content (AvgIpc) is 1.61. The lowest BCUT2D eigenvalue weighted by Crippen LogP contribution is -1.81. The summed E-state index contributed by atoms with van der Waals surface area (Å²) in [5.74, 6) is 0. The maximum absolute atomic E-state index is 9.62. The zero-order valence-corrected chi connectivity index (χ0v) is 5.15. The van der Waals surface area contributed by atoms with Crippen molar-refractivity contribution < 1.29 is 18.0 Å². The molecule has 0 spiro atoms. The van der Waals surface area contributed by atoms with Crippen LogP contribution in [0.1, 0.15) is 0 Å². The molecule has 8 heavy (non-hydrogen) atoms. The van der Waals surface area contributed by atoms with E-state index in [1.165, 1.54) is 0 Å². The molecule has 0 atom stereocenters. The summed E-state index contributed by atoms with van der Waals surface area (Å²) < 4.78 is 21.2. The lowest BCUT2D eigenvalue weighted by molar-refractivity contribution is 0.182. The van der Waals surface area contributed by atoms with Gasteiger partial charge in [-0.15, -0.1) is 0 Å². The first-order chi connectivity index (χ1) is 3.63. The van der Waals surface area contributed by atoms with Crippen LogP contribution in [0, 0.1) is 0 Å². The van der Waals surface area contributed by atoms with Crippen molar-refractivity contribution in [2.45, 2.75) is 0 Å². The molecular weight excluding hydrogens is 154 g/mol. The van der Waals surface area contributed by atoms with Crippen molar-refractivity contribution in [1.29, 1.82) is 0 Å². The van der Waals surface area contributed by atoms with E-state index in [-0.39, 0.29) is 0 Å². The molecule has 0 rings (SSSR count). The molecule has 0 saturated carbocycles. The molecule has 0 aliphatic carbocycles. The van der Waals surface area contributed by atoms with Crippen molar-refractivity contribution in [2.75, 3.05) is 0 Å². The first-order valence-corrected chi connectivity index (χ1v) is 2.81. The highest BCUT2D eigenvalue weighted by atomic mass is 32.2. The summed E-state index contributed by atoms with van der Waals surface area (Å²) in [6.45, 7) is 0. The first-order valence-electron chi connectivity index (χ1n) is 1.33. The maximum atomic E-state index is 9.62. The Labute approximate surface area is 51.7 Å². The summed E-state index contributed by atoms with van der Waals surface area (Å²) in [5.41, 5.74) is 0. The van der Waals surface area contributed by atoms with Crippen LogP contribution in [0.15, 0.2) is 4.53 Å². The predicted octanol–water partition coefficient (Wildman–Crippen LogP) is 0.0305. The number of nitrogens with zero attached hydrogens (tertiary/aromatic N) is 1. The van der Waals surface area contributed by atoms with Crippen LogP contribution in [0.25, 0.3) is 0 Å². The van der Waals surface area contributed by atoms with Gasteiger partial charge in [0.1, 0.15) is 0 Å². The lowest BCUT2D eigenvalue weighted by Gasteiger charge is -1.77. The molecule has 46 valence electrons. The summed E-state index contributed by atoms with van der Waals surface area (Å²) >= 11 is 3.04. The van der Waals surface area contributed by atoms with Gasteiger partial charge in [-0.3, -0.25) is 4.84 Å². The summed E-state index contributed by atoms with van der Waals surface area (Å²) in [6.07, 6.45) is 0. The van der Waals surface area contributed by atoms with Crippen LogP contribution in [0.5, 0.6) is 0 Å². The minimum atomic E-state index is -2.70. The van der Waals surface area contributed by atoms with Crippen molar-refractivity contribution in [3.8, 4) is 0 Å². The minimum Gasteiger partial charge on any atom is -0.292 e. The van der Waals surface area contributed by atoms with E-state index < -0.39 is 15.8 Å². The molecule has 0 saturated heterocycles. The van der Waals surface area contributed by atoms with Gasteiger partial charge in [-0.2, -0.15) is 8.42 Å². The molecule has 0 aromatic heterocycles. The zero-order chi connectivity index (χ0) is 6.57. The zero-order valence-electron chi connectivity index (χ0n) is 3.44. The molecule has 0 aliphatic heterocycles. The van der Waals surface area contributed by atoms with Crippen molar-refractivity contribution in [2.24, 2.45) is 4.53 Å². The van der Waals surface area contributed by atoms with Crippen LogP contribution >= 0.6 is 12.6 Å². The third kappa shape index (κ3) is 5.44. The van der Waals surface area contributed by atoms with Gasteiger partial charge in [-0.1, -0.05) is 12.6 Å². The van der Waals surface area contributed by atoms with E-state index in [0.29, 0.717) is 0 Å². The highest BCUT2D eigenvalue weighted by molar-refractivity contribution is 7.96. The fourth-order valence-electron chi connectivity index (χ4n) is 0.0623. The van der Waals surface area contributed by atoms with Gasteiger partial charge in [0.15, 0.2) is 0 Å². The molecule has 0 unspecified atom stereocenters. The fourth-order valence-corrected chi connectivity index (χ4v) is 0.287. The number of carbonyl (C=O) groups excluding carboxylic acids is 1. The first kappa shape index (κ1) is 7.44. The van der Waals surface area contributed by atoms with Crippen molar-refractivity contribution in [1.82, 2.24) is 0 Å². The van der Waals surface area contributed by atoms with E-state index >= 15 is 0 Å². The molecule has 0 bridgehead atoms. The summed E-state index contributed by atoms with van der Waals surface area (Å²) in [7, 11) is -2.70. The number of rotatable bonds is 1. The molecule has 0 aliphatic rings. The average molecular weight is 155 g/mol. The summed E-state index contributed by atoms with van der Waals surface area (Å²) in [6, 6.07) is 0. The van der Waals surface area contributed by atoms with Gasteiger partial charge in [0.05, 0.1) is 4.53 Å². The van der Waals surface area contributed by atoms with Gasteiger partial charge in [-0.25, -0.2) is 4.79 Å². The van der Waals surface area contributed by atoms with Crippen LogP contribution < -0.4 is 0 Å². The largest absolute Gasteiger partial charge is 0.392 e. The Kier molecular flexibility index (Phi) is 3.20. The summed E-state index contributed by atoms with van der Waals surface area (Å²) in [4.78, 5) is 13.2. The van der Waals surface area contributed by atoms with E-state index in [1.807, 2.05) is 0 Å². The van der Waals surface area contributed by atoms with Crippen LogP contribution in [-0.2, 0) is 15.3 Å². The number of hydrogen-bond acceptors (Lipinski definition) is 5. The highest BCUT2D eigenvalue weighted by Crippen LogP contribution is 1.83. The van der Waals surface area contributed by atoms with Gasteiger partial charge in [0.25, 0.3) is 0 Å². The van der Waals surface area contributed by atoms with E-state index in [9.17, 15) is 13.2 Å². The second-order valence-corrected chi connectivity index (χ2v) is 1.60. The van der Waals surface area contributed by atoms with E-state index in [0.717, 1.165) is 0 Å². The SMILES string of the molecule is O=C(S)ON=S(=O)=O. The molecular formula is CHNO4S2. The molecule has 0 aromatic carbocycles. The predicted molar refractivity (Wildman–Crippen MR) is 26.8 cm³/mol. The topological polar surface area (TPSA) is 72.8 Å². The second-order valence-electron chi connectivity index (χ2n) is 0.649. The van der Waals surface area contributed by atoms with Gasteiger partial charge in [0.2, 0.25) is 0 Å². The molecule has 5 nitrogen and oxygen atoms in total. The fraction of sp³-hybridized carbons (Fsp3) is 0. The Morgan fingerprint density at radius 3 is 2.25 bits per heavy atom. The smallest absolute Gasteiger partial charge is 0.292 e. The number of carbonyl (C=O) groups is 1. The Hall–Kier alpha value is -0.560. The van der Waals surface area contributed by atoms with E-state index in [4.69, 9.17) is 0 Å². The van der Waals surface area contributed by atoms with Crippen molar-refractivity contribution >= 4 is 28.4 Å². The van der Waals surface area contributed by atoms with Gasteiger partial charge < -0.3 is 0 Å². The van der Waals surface area contributed by atoms with Crippen LogP contribution in [0.2, 0.25) is 0 Å². The molecule has 0 radical (unpaired) electrons. The van der Waals surface area contributed by atoms with Crippen molar-refractivity contribution in [3.05, 3.63) is 0 Å². The summed E-state index contributed by atoms with van der Waals surface area (Å²) in [5, 5.41) is -1.06.